The first-order valence-corrected chi connectivity index (χ1v) is 8.74. The summed E-state index contributed by atoms with van der Waals surface area (Å²) in [6.45, 7) is 1.97. The lowest BCUT2D eigenvalue weighted by molar-refractivity contribution is 0.475. The van der Waals surface area contributed by atoms with Gasteiger partial charge >= 0.3 is 0 Å². The smallest absolute Gasteiger partial charge is 0.264 e. The molecular formula is C14H13BrClNO3S. The summed E-state index contributed by atoms with van der Waals surface area (Å²) in [5.74, 6) is 0.0124. The van der Waals surface area contributed by atoms with Crippen LogP contribution >= 0.6 is 27.5 Å². The van der Waals surface area contributed by atoms with Gasteiger partial charge in [-0.15, -0.1) is 0 Å². The fraction of sp³-hybridized carbons (Fsp3) is 0.143. The largest absolute Gasteiger partial charge is 0.508 e. The molecule has 2 rings (SSSR count). The van der Waals surface area contributed by atoms with Gasteiger partial charge in [0.1, 0.15) is 5.75 Å². The molecule has 0 aliphatic rings. The van der Waals surface area contributed by atoms with E-state index in [4.69, 9.17) is 11.6 Å². The molecule has 112 valence electrons. The maximum absolute atomic E-state index is 12.7. The van der Waals surface area contributed by atoms with E-state index < -0.39 is 10.0 Å². The molecule has 0 aromatic heterocycles. The van der Waals surface area contributed by atoms with E-state index in [1.54, 1.807) is 19.1 Å². The molecule has 0 spiro atoms. The summed E-state index contributed by atoms with van der Waals surface area (Å²) in [5.41, 5.74) is 0.406. The van der Waals surface area contributed by atoms with Crippen molar-refractivity contribution in [2.24, 2.45) is 0 Å². The molecule has 2 aromatic rings. The van der Waals surface area contributed by atoms with Crippen LogP contribution in [-0.4, -0.2) is 20.1 Å². The van der Waals surface area contributed by atoms with Crippen molar-refractivity contribution in [1.29, 1.82) is 0 Å². The number of phenols is 1. The van der Waals surface area contributed by atoms with Gasteiger partial charge in [0, 0.05) is 17.1 Å². The van der Waals surface area contributed by atoms with E-state index in [1.165, 1.54) is 34.6 Å². The van der Waals surface area contributed by atoms with Gasteiger partial charge in [-0.1, -0.05) is 17.7 Å². The number of anilines is 1. The molecule has 0 radical (unpaired) electrons. The Hall–Kier alpha value is -1.24. The average molecular weight is 391 g/mol. The van der Waals surface area contributed by atoms with E-state index in [0.29, 0.717) is 15.2 Å². The van der Waals surface area contributed by atoms with Crippen LogP contribution in [0.5, 0.6) is 5.75 Å². The SMILES string of the molecule is CCN(c1cccc(O)c1)S(=O)(=O)c1ccc(Cl)c(Br)c1. The second-order valence-electron chi connectivity index (χ2n) is 4.27. The highest BCUT2D eigenvalue weighted by Crippen LogP contribution is 2.30. The Morgan fingerprint density at radius 2 is 1.95 bits per heavy atom. The van der Waals surface area contributed by atoms with Gasteiger partial charge in [-0.3, -0.25) is 4.31 Å². The summed E-state index contributed by atoms with van der Waals surface area (Å²) in [5, 5.41) is 9.97. The van der Waals surface area contributed by atoms with Crippen LogP contribution in [0.2, 0.25) is 5.02 Å². The minimum absolute atomic E-state index is 0.0124. The van der Waals surface area contributed by atoms with Crippen molar-refractivity contribution < 1.29 is 13.5 Å². The molecule has 1 N–H and O–H groups in total. The van der Waals surface area contributed by atoms with Crippen LogP contribution in [0.15, 0.2) is 51.8 Å². The summed E-state index contributed by atoms with van der Waals surface area (Å²) in [4.78, 5) is 0.129. The van der Waals surface area contributed by atoms with E-state index in [0.717, 1.165) is 0 Å². The first kappa shape index (κ1) is 16.1. The maximum atomic E-state index is 12.7. The van der Waals surface area contributed by atoms with Crippen molar-refractivity contribution in [3.63, 3.8) is 0 Å². The summed E-state index contributed by atoms with van der Waals surface area (Å²) < 4.78 is 27.2. The van der Waals surface area contributed by atoms with Gasteiger partial charge in [-0.2, -0.15) is 0 Å². The molecule has 7 heteroatoms. The summed E-state index contributed by atoms with van der Waals surface area (Å²) in [7, 11) is -3.73. The van der Waals surface area contributed by atoms with Crippen molar-refractivity contribution in [3.05, 3.63) is 52.0 Å². The third kappa shape index (κ3) is 3.33. The quantitative estimate of drug-likeness (QED) is 0.857. The van der Waals surface area contributed by atoms with E-state index in [9.17, 15) is 13.5 Å². The number of rotatable bonds is 4. The lowest BCUT2D eigenvalue weighted by Gasteiger charge is -2.23. The number of sulfonamides is 1. The molecule has 4 nitrogen and oxygen atoms in total. The fourth-order valence-corrected chi connectivity index (χ4v) is 4.04. The van der Waals surface area contributed by atoms with Gasteiger partial charge in [-0.05, 0) is 53.2 Å². The van der Waals surface area contributed by atoms with E-state index in [-0.39, 0.29) is 17.2 Å². The second kappa shape index (κ2) is 6.25. The molecular weight excluding hydrogens is 378 g/mol. The monoisotopic (exact) mass is 389 g/mol. The van der Waals surface area contributed by atoms with E-state index in [1.807, 2.05) is 0 Å². The zero-order valence-corrected chi connectivity index (χ0v) is 14.3. The standard InChI is InChI=1S/C14H13BrClNO3S/c1-2-17(10-4-3-5-11(18)8-10)21(19,20)12-6-7-14(16)13(15)9-12/h3-9,18H,2H2,1H3. The van der Waals surface area contributed by atoms with Crippen LogP contribution in [-0.2, 0) is 10.0 Å². The van der Waals surface area contributed by atoms with Crippen molar-refractivity contribution in [1.82, 2.24) is 0 Å². The number of hydrogen-bond donors (Lipinski definition) is 1. The van der Waals surface area contributed by atoms with E-state index >= 15 is 0 Å². The minimum atomic E-state index is -3.73. The first-order chi connectivity index (χ1) is 9.86. The van der Waals surface area contributed by atoms with E-state index in [2.05, 4.69) is 15.9 Å². The minimum Gasteiger partial charge on any atom is -0.508 e. The van der Waals surface area contributed by atoms with Crippen molar-refractivity contribution in [3.8, 4) is 5.75 Å². The van der Waals surface area contributed by atoms with Crippen LogP contribution in [0.3, 0.4) is 0 Å². The molecule has 0 aliphatic carbocycles. The van der Waals surface area contributed by atoms with Gasteiger partial charge in [0.2, 0.25) is 0 Å². The number of phenolic OH excluding ortho intramolecular Hbond substituents is 1. The normalized spacial score (nSPS) is 11.4. The molecule has 21 heavy (non-hydrogen) atoms. The van der Waals surface area contributed by atoms with Gasteiger partial charge in [0.25, 0.3) is 10.0 Å². The zero-order chi connectivity index (χ0) is 15.6. The number of hydrogen-bond acceptors (Lipinski definition) is 3. The number of aromatic hydroxyl groups is 1. The van der Waals surface area contributed by atoms with Crippen LogP contribution in [0.4, 0.5) is 5.69 Å². The third-order valence-corrected chi connectivity index (χ3v) is 6.00. The average Bonchev–Trinajstić information content (AvgIpc) is 2.42. The zero-order valence-electron chi connectivity index (χ0n) is 11.1. The molecule has 0 aliphatic heterocycles. The Labute approximate surface area is 137 Å². The first-order valence-electron chi connectivity index (χ1n) is 6.13. The fourth-order valence-electron chi connectivity index (χ4n) is 1.90. The summed E-state index contributed by atoms with van der Waals surface area (Å²) in [6.07, 6.45) is 0. The Kier molecular flexibility index (Phi) is 4.81. The highest BCUT2D eigenvalue weighted by atomic mass is 79.9. The summed E-state index contributed by atoms with van der Waals surface area (Å²) >= 11 is 9.12. The van der Waals surface area contributed by atoms with Crippen molar-refractivity contribution in [2.45, 2.75) is 11.8 Å². The Morgan fingerprint density at radius 3 is 2.52 bits per heavy atom. The lowest BCUT2D eigenvalue weighted by Crippen LogP contribution is -2.30. The van der Waals surface area contributed by atoms with Crippen LogP contribution < -0.4 is 4.31 Å². The molecule has 0 saturated carbocycles. The van der Waals surface area contributed by atoms with Crippen LogP contribution in [0, 0.1) is 0 Å². The number of halogens is 2. The van der Waals surface area contributed by atoms with Crippen LogP contribution in [0.1, 0.15) is 6.92 Å². The lowest BCUT2D eigenvalue weighted by atomic mass is 10.3. The Balaban J connectivity index is 2.51. The van der Waals surface area contributed by atoms with Gasteiger partial charge < -0.3 is 5.11 Å². The highest BCUT2D eigenvalue weighted by molar-refractivity contribution is 9.10. The van der Waals surface area contributed by atoms with Gasteiger partial charge in [0.15, 0.2) is 0 Å². The molecule has 0 unspecified atom stereocenters. The topological polar surface area (TPSA) is 57.6 Å². The van der Waals surface area contributed by atoms with Crippen LogP contribution in [0.25, 0.3) is 0 Å². The third-order valence-electron chi connectivity index (χ3n) is 2.88. The molecule has 0 heterocycles. The Bertz CT molecular complexity index is 765. The molecule has 2 aromatic carbocycles. The molecule has 0 atom stereocenters. The summed E-state index contributed by atoms with van der Waals surface area (Å²) in [6, 6.07) is 10.6. The predicted molar refractivity (Wildman–Crippen MR) is 87.5 cm³/mol. The molecule has 0 bridgehead atoms. The van der Waals surface area contributed by atoms with Gasteiger partial charge in [-0.25, -0.2) is 8.42 Å². The second-order valence-corrected chi connectivity index (χ2v) is 7.39. The maximum Gasteiger partial charge on any atom is 0.264 e. The van der Waals surface area contributed by atoms with Crippen molar-refractivity contribution in [2.75, 3.05) is 10.8 Å². The molecule has 0 fully saturated rings. The van der Waals surface area contributed by atoms with Crippen molar-refractivity contribution >= 4 is 43.2 Å². The molecule has 0 saturated heterocycles. The number of benzene rings is 2. The Morgan fingerprint density at radius 1 is 1.24 bits per heavy atom. The predicted octanol–water partition coefficient (Wildman–Crippen LogP) is 4.02. The van der Waals surface area contributed by atoms with Gasteiger partial charge in [0.05, 0.1) is 15.6 Å². The highest BCUT2D eigenvalue weighted by Gasteiger charge is 2.24. The number of nitrogens with zero attached hydrogens (tertiary/aromatic N) is 1. The molecule has 0 amide bonds.